The number of amidine groups is 1. The SMILES string of the molecule is C[C@H](N=C1NS(=O)(=O)c2ccccc21)C(=O)NCCc1ccc(C(F)(F)F)cc1. The zero-order valence-electron chi connectivity index (χ0n) is 15.3. The molecule has 0 aromatic heterocycles. The lowest BCUT2D eigenvalue weighted by molar-refractivity contribution is -0.137. The summed E-state index contributed by atoms with van der Waals surface area (Å²) in [4.78, 5) is 16.5. The van der Waals surface area contributed by atoms with Gasteiger partial charge < -0.3 is 5.32 Å². The average molecular weight is 425 g/mol. The normalized spacial score (nSPS) is 17.4. The van der Waals surface area contributed by atoms with E-state index in [1.165, 1.54) is 25.1 Å². The van der Waals surface area contributed by atoms with Crippen LogP contribution < -0.4 is 10.0 Å². The summed E-state index contributed by atoms with van der Waals surface area (Å²) in [5, 5.41) is 2.65. The van der Waals surface area contributed by atoms with E-state index in [2.05, 4.69) is 15.0 Å². The van der Waals surface area contributed by atoms with Crippen molar-refractivity contribution in [2.75, 3.05) is 6.54 Å². The molecule has 29 heavy (non-hydrogen) atoms. The van der Waals surface area contributed by atoms with Gasteiger partial charge in [-0.15, -0.1) is 0 Å². The van der Waals surface area contributed by atoms with Crippen LogP contribution in [0.5, 0.6) is 0 Å². The van der Waals surface area contributed by atoms with Crippen molar-refractivity contribution in [2.45, 2.75) is 30.5 Å². The molecule has 154 valence electrons. The first-order chi connectivity index (χ1) is 13.6. The molecule has 0 bridgehead atoms. The van der Waals surface area contributed by atoms with Crippen LogP contribution in [-0.2, 0) is 27.4 Å². The van der Waals surface area contributed by atoms with Crippen molar-refractivity contribution in [2.24, 2.45) is 4.99 Å². The fourth-order valence-corrected chi connectivity index (χ4v) is 4.06. The summed E-state index contributed by atoms with van der Waals surface area (Å²) in [6.07, 6.45) is -4.04. The number of fused-ring (bicyclic) bond motifs is 1. The standard InChI is InChI=1S/C19H18F3N3O3S/c1-12(24-17-15-4-2-3-5-16(15)29(27,28)25-17)18(26)23-11-10-13-6-8-14(9-7-13)19(20,21)22/h2-9,12H,10-11H2,1H3,(H,23,26)(H,24,25)/t12-/m0/s1. The maximum absolute atomic E-state index is 12.6. The highest BCUT2D eigenvalue weighted by Gasteiger charge is 2.31. The molecule has 1 atom stereocenters. The summed E-state index contributed by atoms with van der Waals surface area (Å²) in [7, 11) is -3.69. The van der Waals surface area contributed by atoms with Gasteiger partial charge in [-0.1, -0.05) is 24.3 Å². The number of aliphatic imine (C=N–C) groups is 1. The Morgan fingerprint density at radius 2 is 1.79 bits per heavy atom. The molecule has 0 unspecified atom stereocenters. The van der Waals surface area contributed by atoms with Crippen LogP contribution >= 0.6 is 0 Å². The van der Waals surface area contributed by atoms with Crippen LogP contribution in [0.3, 0.4) is 0 Å². The Kier molecular flexibility index (Phi) is 5.65. The highest BCUT2D eigenvalue weighted by molar-refractivity contribution is 7.90. The highest BCUT2D eigenvalue weighted by Crippen LogP contribution is 2.29. The molecule has 0 fully saturated rings. The van der Waals surface area contributed by atoms with Crippen molar-refractivity contribution < 1.29 is 26.4 Å². The van der Waals surface area contributed by atoms with Gasteiger partial charge in [0.25, 0.3) is 10.0 Å². The highest BCUT2D eigenvalue weighted by atomic mass is 32.2. The topological polar surface area (TPSA) is 87.6 Å². The van der Waals surface area contributed by atoms with E-state index in [0.717, 1.165) is 12.1 Å². The molecule has 1 heterocycles. The fraction of sp³-hybridized carbons (Fsp3) is 0.263. The Balaban J connectivity index is 1.59. The number of halogens is 3. The quantitative estimate of drug-likeness (QED) is 0.772. The predicted octanol–water partition coefficient (Wildman–Crippen LogP) is 2.49. The third-order valence-electron chi connectivity index (χ3n) is 4.36. The number of carbonyl (C=O) groups excluding carboxylic acids is 1. The molecule has 2 N–H and O–H groups in total. The molecular formula is C19H18F3N3O3S. The van der Waals surface area contributed by atoms with E-state index in [1.54, 1.807) is 18.2 Å². The van der Waals surface area contributed by atoms with Gasteiger partial charge in [0.1, 0.15) is 11.9 Å². The van der Waals surface area contributed by atoms with E-state index in [0.29, 0.717) is 17.5 Å². The minimum absolute atomic E-state index is 0.103. The Morgan fingerprint density at radius 3 is 2.45 bits per heavy atom. The lowest BCUT2D eigenvalue weighted by atomic mass is 10.1. The van der Waals surface area contributed by atoms with Gasteiger partial charge in [0.2, 0.25) is 5.91 Å². The van der Waals surface area contributed by atoms with Crippen LogP contribution in [-0.4, -0.2) is 32.7 Å². The molecule has 0 aliphatic carbocycles. The van der Waals surface area contributed by atoms with Gasteiger partial charge >= 0.3 is 6.18 Å². The van der Waals surface area contributed by atoms with Crippen molar-refractivity contribution in [3.05, 3.63) is 65.2 Å². The van der Waals surface area contributed by atoms with Gasteiger partial charge in [0.15, 0.2) is 0 Å². The number of sulfonamides is 1. The summed E-state index contributed by atoms with van der Waals surface area (Å²) >= 11 is 0. The second-order valence-electron chi connectivity index (χ2n) is 6.49. The van der Waals surface area contributed by atoms with E-state index in [9.17, 15) is 26.4 Å². The van der Waals surface area contributed by atoms with Gasteiger partial charge in [-0.25, -0.2) is 8.42 Å². The molecule has 2 aromatic rings. The fourth-order valence-electron chi connectivity index (χ4n) is 2.82. The number of hydrogen-bond donors (Lipinski definition) is 2. The van der Waals surface area contributed by atoms with E-state index < -0.39 is 33.7 Å². The van der Waals surface area contributed by atoms with Crippen LogP contribution in [0.1, 0.15) is 23.6 Å². The van der Waals surface area contributed by atoms with Gasteiger partial charge in [-0.3, -0.25) is 14.5 Å². The van der Waals surface area contributed by atoms with Gasteiger partial charge in [0, 0.05) is 12.1 Å². The summed E-state index contributed by atoms with van der Waals surface area (Å²) in [6.45, 7) is 1.73. The average Bonchev–Trinajstić information content (AvgIpc) is 2.92. The number of amides is 1. The minimum Gasteiger partial charge on any atom is -0.354 e. The largest absolute Gasteiger partial charge is 0.416 e. The van der Waals surface area contributed by atoms with Crippen molar-refractivity contribution >= 4 is 21.8 Å². The summed E-state index contributed by atoms with van der Waals surface area (Å²) < 4.78 is 64.2. The second kappa shape index (κ2) is 7.86. The smallest absolute Gasteiger partial charge is 0.354 e. The van der Waals surface area contributed by atoms with Crippen molar-refractivity contribution in [1.29, 1.82) is 0 Å². The number of nitrogens with one attached hydrogen (secondary N) is 2. The number of carbonyl (C=O) groups is 1. The van der Waals surface area contributed by atoms with Crippen LogP contribution in [0.15, 0.2) is 58.4 Å². The maximum Gasteiger partial charge on any atom is 0.416 e. The molecule has 2 aromatic carbocycles. The molecule has 0 spiro atoms. The Morgan fingerprint density at radius 1 is 1.14 bits per heavy atom. The first-order valence-electron chi connectivity index (χ1n) is 8.72. The molecule has 0 saturated heterocycles. The van der Waals surface area contributed by atoms with Crippen molar-refractivity contribution in [3.8, 4) is 0 Å². The lowest BCUT2D eigenvalue weighted by Crippen LogP contribution is -2.35. The third kappa shape index (κ3) is 4.76. The van der Waals surface area contributed by atoms with Crippen LogP contribution in [0, 0.1) is 0 Å². The van der Waals surface area contributed by atoms with E-state index >= 15 is 0 Å². The number of nitrogens with zero attached hydrogens (tertiary/aromatic N) is 1. The Labute approximate surface area is 165 Å². The zero-order valence-corrected chi connectivity index (χ0v) is 16.1. The van der Waals surface area contributed by atoms with Gasteiger partial charge in [-0.05, 0) is 43.2 Å². The van der Waals surface area contributed by atoms with Crippen molar-refractivity contribution in [1.82, 2.24) is 10.0 Å². The molecule has 1 aliphatic rings. The maximum atomic E-state index is 12.6. The van der Waals surface area contributed by atoms with Crippen LogP contribution in [0.2, 0.25) is 0 Å². The number of hydrogen-bond acceptors (Lipinski definition) is 4. The van der Waals surface area contributed by atoms with Crippen LogP contribution in [0.4, 0.5) is 13.2 Å². The lowest BCUT2D eigenvalue weighted by Gasteiger charge is -2.11. The number of alkyl halides is 3. The number of benzene rings is 2. The molecule has 3 rings (SSSR count). The monoisotopic (exact) mass is 425 g/mol. The van der Waals surface area contributed by atoms with Gasteiger partial charge in [-0.2, -0.15) is 13.2 Å². The molecule has 0 saturated carbocycles. The first-order valence-corrected chi connectivity index (χ1v) is 10.2. The molecule has 10 heteroatoms. The third-order valence-corrected chi connectivity index (χ3v) is 5.76. The molecule has 1 aliphatic heterocycles. The summed E-state index contributed by atoms with van der Waals surface area (Å²) in [6, 6.07) is 10.2. The Bertz CT molecular complexity index is 1050. The van der Waals surface area contributed by atoms with Gasteiger partial charge in [0.05, 0.1) is 10.5 Å². The van der Waals surface area contributed by atoms with E-state index in [4.69, 9.17) is 0 Å². The predicted molar refractivity (Wildman–Crippen MR) is 101 cm³/mol. The Hall–Kier alpha value is -2.88. The van der Waals surface area contributed by atoms with E-state index in [-0.39, 0.29) is 17.3 Å². The minimum atomic E-state index is -4.39. The summed E-state index contributed by atoms with van der Waals surface area (Å²) in [5.41, 5.74) is 0.320. The second-order valence-corrected chi connectivity index (χ2v) is 8.14. The molecule has 1 amide bonds. The number of rotatable bonds is 5. The molecular weight excluding hydrogens is 407 g/mol. The zero-order chi connectivity index (χ0) is 21.2. The first kappa shape index (κ1) is 20.8. The summed E-state index contributed by atoms with van der Waals surface area (Å²) in [5.74, 6) is -0.320. The van der Waals surface area contributed by atoms with Crippen LogP contribution in [0.25, 0.3) is 0 Å². The van der Waals surface area contributed by atoms with E-state index in [1.807, 2.05) is 0 Å². The molecule has 0 radical (unpaired) electrons. The molecule has 6 nitrogen and oxygen atoms in total. The van der Waals surface area contributed by atoms with Crippen molar-refractivity contribution in [3.63, 3.8) is 0 Å².